The fraction of sp³-hybridized carbons (Fsp3) is 0.727. The Morgan fingerprint density at radius 1 is 1.39 bits per heavy atom. The van der Waals surface area contributed by atoms with Crippen molar-refractivity contribution in [3.8, 4) is 0 Å². The van der Waals surface area contributed by atoms with Crippen LogP contribution in [0.4, 0.5) is 0 Å². The number of aliphatic carboxylic acids is 1. The fourth-order valence-corrected chi connectivity index (χ4v) is 1.55. The molecule has 18 heavy (non-hydrogen) atoms. The molecule has 1 rings (SSSR count). The molecule has 1 aliphatic rings. The minimum Gasteiger partial charge on any atom is -0.480 e. The quantitative estimate of drug-likeness (QED) is 0.531. The van der Waals surface area contributed by atoms with Crippen LogP contribution in [0, 0.1) is 0 Å². The number of rotatable bonds is 7. The average molecular weight is 257 g/mol. The molecule has 0 aliphatic heterocycles. The number of carbonyl (C=O) groups is 3. The number of hydrogen-bond acceptors (Lipinski definition) is 4. The van der Waals surface area contributed by atoms with Crippen LogP contribution in [0.2, 0.25) is 0 Å². The number of carbonyl (C=O) groups excluding carboxylic acids is 2. The van der Waals surface area contributed by atoms with Crippen molar-refractivity contribution < 1.29 is 19.5 Å². The first kappa shape index (κ1) is 14.4. The largest absolute Gasteiger partial charge is 0.480 e. The van der Waals surface area contributed by atoms with Crippen LogP contribution < -0.4 is 10.6 Å². The van der Waals surface area contributed by atoms with E-state index in [1.54, 1.807) is 11.9 Å². The van der Waals surface area contributed by atoms with Gasteiger partial charge in [-0.1, -0.05) is 0 Å². The first-order valence-corrected chi connectivity index (χ1v) is 5.86. The van der Waals surface area contributed by atoms with Crippen molar-refractivity contribution in [2.24, 2.45) is 0 Å². The lowest BCUT2D eigenvalue weighted by Crippen LogP contribution is -2.48. The van der Waals surface area contributed by atoms with Crippen LogP contribution in [0.1, 0.15) is 19.8 Å². The van der Waals surface area contributed by atoms with E-state index in [9.17, 15) is 14.4 Å². The molecule has 0 heterocycles. The summed E-state index contributed by atoms with van der Waals surface area (Å²) < 4.78 is 0. The van der Waals surface area contributed by atoms with Crippen LogP contribution in [-0.4, -0.2) is 60.0 Å². The van der Waals surface area contributed by atoms with Gasteiger partial charge in [0, 0.05) is 19.5 Å². The summed E-state index contributed by atoms with van der Waals surface area (Å²) in [6.45, 7) is 1.47. The predicted molar refractivity (Wildman–Crippen MR) is 63.9 cm³/mol. The summed E-state index contributed by atoms with van der Waals surface area (Å²) in [5.41, 5.74) is 0. The van der Waals surface area contributed by atoms with Gasteiger partial charge in [-0.15, -0.1) is 0 Å². The van der Waals surface area contributed by atoms with Crippen LogP contribution in [0.25, 0.3) is 0 Å². The third kappa shape index (κ3) is 5.62. The first-order valence-electron chi connectivity index (χ1n) is 5.86. The van der Waals surface area contributed by atoms with Crippen LogP contribution in [-0.2, 0) is 14.4 Å². The lowest BCUT2D eigenvalue weighted by molar-refractivity contribution is -0.142. The molecule has 2 amide bonds. The van der Waals surface area contributed by atoms with Crippen molar-refractivity contribution in [3.63, 3.8) is 0 Å². The maximum Gasteiger partial charge on any atom is 0.327 e. The Morgan fingerprint density at radius 2 is 2.00 bits per heavy atom. The molecule has 102 valence electrons. The Bertz CT molecular complexity index is 341. The average Bonchev–Trinajstić information content (AvgIpc) is 2.99. The molecule has 0 aromatic rings. The lowest BCUT2D eigenvalue weighted by atomic mass is 10.2. The van der Waals surface area contributed by atoms with Crippen LogP contribution in [0.5, 0.6) is 0 Å². The molecule has 0 spiro atoms. The number of carboxylic acid groups (broad SMARTS) is 1. The topological polar surface area (TPSA) is 98.7 Å². The molecule has 7 heteroatoms. The van der Waals surface area contributed by atoms with E-state index in [0.717, 1.165) is 12.8 Å². The van der Waals surface area contributed by atoms with Crippen LogP contribution in [0.3, 0.4) is 0 Å². The molecular formula is C11H19N3O4. The summed E-state index contributed by atoms with van der Waals surface area (Å²) in [5.74, 6) is -1.63. The van der Waals surface area contributed by atoms with Crippen LogP contribution >= 0.6 is 0 Å². The molecule has 0 aromatic heterocycles. The van der Waals surface area contributed by atoms with E-state index in [1.807, 2.05) is 0 Å². The van der Waals surface area contributed by atoms with Crippen molar-refractivity contribution in [3.05, 3.63) is 0 Å². The van der Waals surface area contributed by atoms with E-state index in [0.29, 0.717) is 0 Å². The van der Waals surface area contributed by atoms with Gasteiger partial charge in [0.2, 0.25) is 11.8 Å². The molecular weight excluding hydrogens is 238 g/mol. The zero-order valence-corrected chi connectivity index (χ0v) is 10.6. The summed E-state index contributed by atoms with van der Waals surface area (Å²) in [4.78, 5) is 34.8. The van der Waals surface area contributed by atoms with Gasteiger partial charge in [0.05, 0.1) is 6.54 Å². The lowest BCUT2D eigenvalue weighted by Gasteiger charge is -2.21. The van der Waals surface area contributed by atoms with Crippen molar-refractivity contribution in [2.45, 2.75) is 31.8 Å². The highest BCUT2D eigenvalue weighted by Crippen LogP contribution is 2.18. The second-order valence-corrected chi connectivity index (χ2v) is 4.63. The predicted octanol–water partition coefficient (Wildman–Crippen LogP) is -1.21. The van der Waals surface area contributed by atoms with Crippen molar-refractivity contribution in [1.29, 1.82) is 0 Å². The van der Waals surface area contributed by atoms with E-state index in [2.05, 4.69) is 10.6 Å². The second kappa shape index (κ2) is 6.34. The third-order valence-electron chi connectivity index (χ3n) is 2.53. The van der Waals surface area contributed by atoms with E-state index in [-0.39, 0.29) is 25.0 Å². The van der Waals surface area contributed by atoms with Crippen molar-refractivity contribution in [2.75, 3.05) is 20.1 Å². The minimum atomic E-state index is -1.11. The van der Waals surface area contributed by atoms with E-state index >= 15 is 0 Å². The Kier molecular flexibility index (Phi) is 5.08. The van der Waals surface area contributed by atoms with Crippen molar-refractivity contribution >= 4 is 17.8 Å². The molecule has 1 saturated carbocycles. The van der Waals surface area contributed by atoms with E-state index in [4.69, 9.17) is 5.11 Å². The molecule has 0 bridgehead atoms. The number of carboxylic acids is 1. The summed E-state index contributed by atoms with van der Waals surface area (Å²) in [6.07, 6.45) is 2.03. The molecule has 0 saturated heterocycles. The highest BCUT2D eigenvalue weighted by molar-refractivity contribution is 5.82. The van der Waals surface area contributed by atoms with Gasteiger partial charge in [-0.05, 0) is 19.9 Å². The Hall–Kier alpha value is -1.63. The van der Waals surface area contributed by atoms with Gasteiger partial charge >= 0.3 is 5.97 Å². The highest BCUT2D eigenvalue weighted by atomic mass is 16.4. The van der Waals surface area contributed by atoms with E-state index < -0.39 is 17.9 Å². The smallest absolute Gasteiger partial charge is 0.327 e. The maximum atomic E-state index is 11.5. The number of likely N-dealkylation sites (N-methyl/N-ethyl adjacent to an activating group) is 1. The normalized spacial score (nSPS) is 16.2. The molecule has 1 fully saturated rings. The Balaban J connectivity index is 2.34. The van der Waals surface area contributed by atoms with Gasteiger partial charge in [0.1, 0.15) is 6.04 Å². The molecule has 3 N–H and O–H groups in total. The van der Waals surface area contributed by atoms with Crippen molar-refractivity contribution in [1.82, 2.24) is 15.5 Å². The number of nitrogens with zero attached hydrogens (tertiary/aromatic N) is 1. The molecule has 1 unspecified atom stereocenters. The van der Waals surface area contributed by atoms with Gasteiger partial charge < -0.3 is 15.7 Å². The molecule has 0 aromatic carbocycles. The summed E-state index contributed by atoms with van der Waals surface area (Å²) >= 11 is 0. The molecule has 1 aliphatic carbocycles. The second-order valence-electron chi connectivity index (χ2n) is 4.63. The third-order valence-corrected chi connectivity index (χ3v) is 2.53. The standard InChI is InChI=1S/C11H19N3O4/c1-7(15)12-9(11(17)18)5-14(2)6-10(16)13-8-3-4-8/h8-9H,3-6H2,1-2H3,(H,12,15)(H,13,16)(H,17,18). The molecule has 7 nitrogen and oxygen atoms in total. The Labute approximate surface area is 106 Å². The number of amides is 2. The Morgan fingerprint density at radius 3 is 2.44 bits per heavy atom. The van der Waals surface area contributed by atoms with Gasteiger partial charge in [0.15, 0.2) is 0 Å². The van der Waals surface area contributed by atoms with Gasteiger partial charge in [-0.25, -0.2) is 4.79 Å². The highest BCUT2D eigenvalue weighted by Gasteiger charge is 2.25. The van der Waals surface area contributed by atoms with Gasteiger partial charge in [-0.2, -0.15) is 0 Å². The number of hydrogen-bond donors (Lipinski definition) is 3. The molecule has 0 radical (unpaired) electrons. The fourth-order valence-electron chi connectivity index (χ4n) is 1.55. The van der Waals surface area contributed by atoms with Crippen LogP contribution in [0.15, 0.2) is 0 Å². The minimum absolute atomic E-state index is 0.0903. The monoisotopic (exact) mass is 257 g/mol. The zero-order chi connectivity index (χ0) is 13.7. The SMILES string of the molecule is CC(=O)NC(CN(C)CC(=O)NC1CC1)C(=O)O. The summed E-state index contributed by atoms with van der Waals surface area (Å²) in [6, 6.07) is -0.710. The number of nitrogens with one attached hydrogen (secondary N) is 2. The summed E-state index contributed by atoms with van der Waals surface area (Å²) in [7, 11) is 1.64. The first-order chi connectivity index (χ1) is 8.38. The van der Waals surface area contributed by atoms with E-state index in [1.165, 1.54) is 6.92 Å². The molecule has 1 atom stereocenters. The van der Waals surface area contributed by atoms with Gasteiger partial charge in [-0.3, -0.25) is 14.5 Å². The maximum absolute atomic E-state index is 11.5. The van der Waals surface area contributed by atoms with Gasteiger partial charge in [0.25, 0.3) is 0 Å². The zero-order valence-electron chi connectivity index (χ0n) is 10.6. The summed E-state index contributed by atoms with van der Waals surface area (Å²) in [5, 5.41) is 14.1.